The molecule has 0 atom stereocenters. The van der Waals surface area contributed by atoms with Crippen LogP contribution in [0.2, 0.25) is 0 Å². The Labute approximate surface area is 71.4 Å². The van der Waals surface area contributed by atoms with E-state index in [4.69, 9.17) is 10.00 Å². The van der Waals surface area contributed by atoms with Gasteiger partial charge in [0.15, 0.2) is 0 Å². The highest BCUT2D eigenvalue weighted by Crippen LogP contribution is 1.84. The molecule has 0 aliphatic heterocycles. The van der Waals surface area contributed by atoms with Crippen LogP contribution in [0.25, 0.3) is 0 Å². The van der Waals surface area contributed by atoms with Crippen molar-refractivity contribution in [2.45, 2.75) is 6.42 Å². The second-order valence-corrected chi connectivity index (χ2v) is 1.93. The van der Waals surface area contributed by atoms with Gasteiger partial charge in [-0.3, -0.25) is 0 Å². The van der Waals surface area contributed by atoms with Gasteiger partial charge in [0.2, 0.25) is 0 Å². The first-order valence-corrected chi connectivity index (χ1v) is 3.52. The van der Waals surface area contributed by atoms with E-state index in [0.29, 0.717) is 0 Å². The van der Waals surface area contributed by atoms with Crippen molar-refractivity contribution in [2.75, 3.05) is 19.8 Å². The van der Waals surface area contributed by atoms with Crippen LogP contribution in [0.3, 0.4) is 0 Å². The number of carbonyl (C=O) groups is 1. The fraction of sp³-hybridized carbons (Fsp3) is 0.500. The molecule has 12 heavy (non-hydrogen) atoms. The molecule has 0 bridgehead atoms. The van der Waals surface area contributed by atoms with Gasteiger partial charge in [-0.2, -0.15) is 5.26 Å². The topological polar surface area (TPSA) is 59.3 Å². The molecule has 4 nitrogen and oxygen atoms in total. The minimum absolute atomic E-state index is 0.102. The summed E-state index contributed by atoms with van der Waals surface area (Å²) in [6.07, 6.45) is 1.77. The fourth-order valence-electron chi connectivity index (χ4n) is 0.467. The summed E-state index contributed by atoms with van der Waals surface area (Å²) < 4.78 is 9.41. The van der Waals surface area contributed by atoms with E-state index in [1.165, 1.54) is 6.08 Å². The van der Waals surface area contributed by atoms with Crippen molar-refractivity contribution in [2.24, 2.45) is 0 Å². The molecule has 0 rings (SSSR count). The molecule has 66 valence electrons. The molecule has 4 heteroatoms. The van der Waals surface area contributed by atoms with Gasteiger partial charge in [-0.25, -0.2) is 4.79 Å². The molecule has 0 saturated heterocycles. The highest BCUT2D eigenvalue weighted by molar-refractivity contribution is 5.70. The van der Waals surface area contributed by atoms with E-state index in [1.54, 1.807) is 0 Å². The molecule has 0 aliphatic rings. The fourth-order valence-corrected chi connectivity index (χ4v) is 0.467. The number of hydrogen-bond donors (Lipinski definition) is 0. The Morgan fingerprint density at radius 2 is 2.42 bits per heavy atom. The van der Waals surface area contributed by atoms with Crippen LogP contribution in [0.4, 0.5) is 0 Å². The molecule has 0 fully saturated rings. The Morgan fingerprint density at radius 3 is 3.00 bits per heavy atom. The zero-order chi connectivity index (χ0) is 9.23. The highest BCUT2D eigenvalue weighted by Gasteiger charge is 1.99. The average Bonchev–Trinajstić information content (AvgIpc) is 2.09. The summed E-state index contributed by atoms with van der Waals surface area (Å²) in [6, 6.07) is 1.89. The maximum Gasteiger partial charge on any atom is 0.332 e. The van der Waals surface area contributed by atoms with Crippen LogP contribution in [0, 0.1) is 11.3 Å². The van der Waals surface area contributed by atoms with Crippen LogP contribution in [-0.2, 0) is 14.3 Å². The molecule has 0 saturated carbocycles. The van der Waals surface area contributed by atoms with Crippen LogP contribution in [0.15, 0.2) is 12.7 Å². The molecule has 0 unspecified atom stereocenters. The van der Waals surface area contributed by atoms with Crippen molar-refractivity contribution in [3.8, 4) is 6.07 Å². The largest absolute Gasteiger partial charge is 0.460 e. The minimum atomic E-state index is -0.437. The van der Waals surface area contributed by atoms with Gasteiger partial charge >= 0.3 is 5.97 Å². The van der Waals surface area contributed by atoms with E-state index in [-0.39, 0.29) is 26.2 Å². The first-order valence-electron chi connectivity index (χ1n) is 3.52. The van der Waals surface area contributed by atoms with Gasteiger partial charge in [-0.1, -0.05) is 12.7 Å². The molecular weight excluding hydrogens is 158 g/mol. The van der Waals surface area contributed by atoms with Crippen LogP contribution >= 0.6 is 0 Å². The number of rotatable bonds is 6. The summed E-state index contributed by atoms with van der Waals surface area (Å²) in [5.74, 6) is -0.437. The summed E-state index contributed by atoms with van der Waals surface area (Å²) in [7, 11) is 0. The zero-order valence-corrected chi connectivity index (χ0v) is 6.78. The Balaban J connectivity index is 3.20. The summed E-state index contributed by atoms with van der Waals surface area (Å²) in [4.78, 5) is 10.7. The number of esters is 1. The van der Waals surface area contributed by atoms with Gasteiger partial charge in [0.25, 0.3) is 0 Å². The average molecular weight is 169 g/mol. The van der Waals surface area contributed by atoms with Crippen LogP contribution in [0.1, 0.15) is 6.42 Å². The summed E-state index contributed by atoms with van der Waals surface area (Å²) in [5, 5.41) is 8.11. The third-order valence-electron chi connectivity index (χ3n) is 0.940. The standard InChI is InChI=1S/C8H11NO3/c1-2-5-12-8(10)7-11-6-3-4-9/h2H,1,3,5-7H2. The van der Waals surface area contributed by atoms with Crippen LogP contribution in [0.5, 0.6) is 0 Å². The van der Waals surface area contributed by atoms with Gasteiger partial charge in [0.05, 0.1) is 19.1 Å². The highest BCUT2D eigenvalue weighted by atomic mass is 16.6. The van der Waals surface area contributed by atoms with Crippen molar-refractivity contribution in [1.29, 1.82) is 5.26 Å². The Morgan fingerprint density at radius 1 is 1.67 bits per heavy atom. The number of carbonyl (C=O) groups excluding carboxylic acids is 1. The molecule has 0 amide bonds. The molecular formula is C8H11NO3. The van der Waals surface area contributed by atoms with Gasteiger partial charge in [0.1, 0.15) is 13.2 Å². The van der Waals surface area contributed by atoms with Crippen molar-refractivity contribution in [3.63, 3.8) is 0 Å². The quantitative estimate of drug-likeness (QED) is 0.332. The molecule has 0 aromatic carbocycles. The molecule has 0 aromatic heterocycles. The van der Waals surface area contributed by atoms with E-state index in [0.717, 1.165) is 0 Å². The van der Waals surface area contributed by atoms with Crippen molar-refractivity contribution >= 4 is 5.97 Å². The first-order chi connectivity index (χ1) is 5.81. The smallest absolute Gasteiger partial charge is 0.332 e. The van der Waals surface area contributed by atoms with E-state index >= 15 is 0 Å². The predicted molar refractivity (Wildman–Crippen MR) is 42.2 cm³/mol. The van der Waals surface area contributed by atoms with Gasteiger partial charge in [-0.05, 0) is 0 Å². The zero-order valence-electron chi connectivity index (χ0n) is 6.78. The lowest BCUT2D eigenvalue weighted by Gasteiger charge is -2.01. The van der Waals surface area contributed by atoms with Crippen molar-refractivity contribution in [1.82, 2.24) is 0 Å². The van der Waals surface area contributed by atoms with E-state index in [1.807, 2.05) is 6.07 Å². The molecule has 0 aromatic rings. The maximum atomic E-state index is 10.7. The third-order valence-corrected chi connectivity index (χ3v) is 0.940. The number of nitriles is 1. The van der Waals surface area contributed by atoms with Crippen LogP contribution < -0.4 is 0 Å². The Bertz CT molecular complexity index is 183. The third kappa shape index (κ3) is 6.78. The second-order valence-electron chi connectivity index (χ2n) is 1.93. The van der Waals surface area contributed by atoms with E-state index < -0.39 is 5.97 Å². The summed E-state index contributed by atoms with van der Waals surface area (Å²) >= 11 is 0. The van der Waals surface area contributed by atoms with E-state index in [9.17, 15) is 4.79 Å². The predicted octanol–water partition coefficient (Wildman–Crippen LogP) is 0.646. The summed E-state index contributed by atoms with van der Waals surface area (Å²) in [5.41, 5.74) is 0. The Kier molecular flexibility index (Phi) is 6.90. The molecule has 0 heterocycles. The van der Waals surface area contributed by atoms with Gasteiger partial charge < -0.3 is 9.47 Å². The monoisotopic (exact) mass is 169 g/mol. The number of nitrogens with zero attached hydrogens (tertiary/aromatic N) is 1. The van der Waals surface area contributed by atoms with E-state index in [2.05, 4.69) is 11.3 Å². The lowest BCUT2D eigenvalue weighted by molar-refractivity contribution is -0.147. The van der Waals surface area contributed by atoms with Gasteiger partial charge in [0, 0.05) is 0 Å². The van der Waals surface area contributed by atoms with Crippen molar-refractivity contribution in [3.05, 3.63) is 12.7 Å². The lowest BCUT2D eigenvalue weighted by Crippen LogP contribution is -2.12. The molecule has 0 N–H and O–H groups in total. The lowest BCUT2D eigenvalue weighted by atomic mass is 10.5. The SMILES string of the molecule is C=CCOC(=O)COCCC#N. The van der Waals surface area contributed by atoms with Crippen LogP contribution in [-0.4, -0.2) is 25.8 Å². The number of ether oxygens (including phenoxy) is 2. The molecule has 0 spiro atoms. The number of hydrogen-bond acceptors (Lipinski definition) is 4. The minimum Gasteiger partial charge on any atom is -0.460 e. The summed E-state index contributed by atoms with van der Waals surface area (Å²) in [6.45, 7) is 3.74. The molecule has 0 aliphatic carbocycles. The second kappa shape index (κ2) is 7.76. The maximum absolute atomic E-state index is 10.7. The normalized spacial score (nSPS) is 8.58. The first kappa shape index (κ1) is 10.7. The van der Waals surface area contributed by atoms with Crippen molar-refractivity contribution < 1.29 is 14.3 Å². The Hall–Kier alpha value is -1.34. The molecule has 0 radical (unpaired) electrons. The van der Waals surface area contributed by atoms with Gasteiger partial charge in [-0.15, -0.1) is 0 Å².